The molecule has 1 aromatic carbocycles. The molecule has 0 amide bonds. The molecule has 0 bridgehead atoms. The predicted octanol–water partition coefficient (Wildman–Crippen LogP) is 2.58. The Balaban J connectivity index is 2.77. The number of benzene rings is 1. The second-order valence-electron chi connectivity index (χ2n) is 3.07. The molecule has 2 rings (SSSR count). The lowest BCUT2D eigenvalue weighted by Crippen LogP contribution is -1.90. The maximum Gasteiger partial charge on any atom is 0.0725 e. The summed E-state index contributed by atoms with van der Waals surface area (Å²) in [6.45, 7) is 2.01. The third-order valence-corrected chi connectivity index (χ3v) is 2.14. The highest BCUT2D eigenvalue weighted by Crippen LogP contribution is 2.21. The molecular weight excluding hydrogens is 160 g/mol. The van der Waals surface area contributed by atoms with Gasteiger partial charge in [0.1, 0.15) is 0 Å². The Morgan fingerprint density at radius 3 is 2.77 bits per heavy atom. The smallest absolute Gasteiger partial charge is 0.0725 e. The molecule has 0 aliphatic rings. The fraction of sp³-hybridized carbons (Fsp3) is 0.182. The number of nitrogens with zero attached hydrogens (tertiary/aromatic N) is 1. The van der Waals surface area contributed by atoms with Gasteiger partial charge in [-0.15, -0.1) is 0 Å². The summed E-state index contributed by atoms with van der Waals surface area (Å²) in [6.07, 6.45) is 0. The third-order valence-electron chi connectivity index (χ3n) is 2.14. The molecule has 0 radical (unpaired) electrons. The highest BCUT2D eigenvalue weighted by Gasteiger charge is 1.98. The van der Waals surface area contributed by atoms with Gasteiger partial charge in [-0.1, -0.05) is 6.07 Å². The Hall–Kier alpha value is -1.57. The van der Waals surface area contributed by atoms with Crippen molar-refractivity contribution in [3.63, 3.8) is 0 Å². The number of hydrogen-bond donors (Lipinski definition) is 1. The molecule has 0 unspecified atom stereocenters. The molecule has 0 atom stereocenters. The predicted molar refractivity (Wildman–Crippen MR) is 56.0 cm³/mol. The summed E-state index contributed by atoms with van der Waals surface area (Å²) in [4.78, 5) is 4.44. The highest BCUT2D eigenvalue weighted by atomic mass is 14.8. The van der Waals surface area contributed by atoms with Gasteiger partial charge in [0, 0.05) is 23.8 Å². The number of hydrogen-bond acceptors (Lipinski definition) is 2. The van der Waals surface area contributed by atoms with E-state index >= 15 is 0 Å². The quantitative estimate of drug-likeness (QED) is 0.715. The first-order valence-corrected chi connectivity index (χ1v) is 4.35. The number of nitrogens with one attached hydrogen (secondary N) is 1. The normalized spacial score (nSPS) is 10.3. The van der Waals surface area contributed by atoms with E-state index in [1.54, 1.807) is 0 Å². The van der Waals surface area contributed by atoms with E-state index in [-0.39, 0.29) is 0 Å². The van der Waals surface area contributed by atoms with E-state index in [2.05, 4.69) is 22.4 Å². The maximum atomic E-state index is 4.44. The lowest BCUT2D eigenvalue weighted by atomic mass is 10.1. The number of aryl methyl sites for hydroxylation is 1. The number of pyridine rings is 1. The molecule has 0 aliphatic heterocycles. The number of fused-ring (bicyclic) bond motifs is 1. The van der Waals surface area contributed by atoms with Gasteiger partial charge in [0.15, 0.2) is 0 Å². The van der Waals surface area contributed by atoms with Gasteiger partial charge in [-0.2, -0.15) is 0 Å². The van der Waals surface area contributed by atoms with E-state index in [1.165, 1.54) is 5.39 Å². The molecule has 1 N–H and O–H groups in total. The van der Waals surface area contributed by atoms with Gasteiger partial charge in [0.25, 0.3) is 0 Å². The van der Waals surface area contributed by atoms with Crippen LogP contribution in [0.1, 0.15) is 5.69 Å². The molecule has 0 saturated heterocycles. The van der Waals surface area contributed by atoms with Gasteiger partial charge in [-0.05, 0) is 31.2 Å². The van der Waals surface area contributed by atoms with Crippen molar-refractivity contribution in [2.24, 2.45) is 0 Å². The summed E-state index contributed by atoms with van der Waals surface area (Å²) in [5.74, 6) is 0. The minimum atomic E-state index is 1.05. The van der Waals surface area contributed by atoms with Crippen molar-refractivity contribution >= 4 is 16.6 Å². The first kappa shape index (κ1) is 8.05. The first-order chi connectivity index (χ1) is 6.31. The topological polar surface area (TPSA) is 24.9 Å². The van der Waals surface area contributed by atoms with Crippen molar-refractivity contribution in [2.45, 2.75) is 6.92 Å². The van der Waals surface area contributed by atoms with Crippen molar-refractivity contribution in [2.75, 3.05) is 12.4 Å². The van der Waals surface area contributed by atoms with Gasteiger partial charge in [-0.3, -0.25) is 4.98 Å². The summed E-state index contributed by atoms with van der Waals surface area (Å²) in [6, 6.07) is 10.2. The van der Waals surface area contributed by atoms with Crippen molar-refractivity contribution in [3.8, 4) is 0 Å². The van der Waals surface area contributed by atoms with Crippen LogP contribution in [-0.4, -0.2) is 12.0 Å². The van der Waals surface area contributed by atoms with Crippen LogP contribution in [0.4, 0.5) is 5.69 Å². The van der Waals surface area contributed by atoms with Crippen molar-refractivity contribution < 1.29 is 0 Å². The molecule has 0 saturated carbocycles. The van der Waals surface area contributed by atoms with Crippen LogP contribution in [0, 0.1) is 6.92 Å². The molecule has 0 fully saturated rings. The van der Waals surface area contributed by atoms with Crippen molar-refractivity contribution in [3.05, 3.63) is 36.0 Å². The molecule has 1 heterocycles. The van der Waals surface area contributed by atoms with E-state index in [4.69, 9.17) is 0 Å². The van der Waals surface area contributed by atoms with E-state index < -0.39 is 0 Å². The SMILES string of the molecule is CNc1cccc2nc(C)ccc12. The van der Waals surface area contributed by atoms with E-state index in [9.17, 15) is 0 Å². The summed E-state index contributed by atoms with van der Waals surface area (Å²) in [5, 5.41) is 4.33. The highest BCUT2D eigenvalue weighted by molar-refractivity contribution is 5.91. The van der Waals surface area contributed by atoms with Crippen LogP contribution in [0.25, 0.3) is 10.9 Å². The van der Waals surface area contributed by atoms with Gasteiger partial charge < -0.3 is 5.32 Å². The van der Waals surface area contributed by atoms with Gasteiger partial charge in [0.05, 0.1) is 5.52 Å². The fourth-order valence-electron chi connectivity index (χ4n) is 1.47. The van der Waals surface area contributed by atoms with Gasteiger partial charge >= 0.3 is 0 Å². The Morgan fingerprint density at radius 2 is 2.00 bits per heavy atom. The average Bonchev–Trinajstić information content (AvgIpc) is 2.16. The molecule has 0 spiro atoms. The lowest BCUT2D eigenvalue weighted by molar-refractivity contribution is 1.25. The van der Waals surface area contributed by atoms with Gasteiger partial charge in [0.2, 0.25) is 0 Å². The monoisotopic (exact) mass is 172 g/mol. The summed E-state index contributed by atoms with van der Waals surface area (Å²) in [7, 11) is 1.93. The molecular formula is C11H12N2. The van der Waals surface area contributed by atoms with Crippen molar-refractivity contribution in [1.82, 2.24) is 4.98 Å². The molecule has 2 nitrogen and oxygen atoms in total. The van der Waals surface area contributed by atoms with Crippen LogP contribution in [0.15, 0.2) is 30.3 Å². The Bertz CT molecular complexity index is 435. The second-order valence-corrected chi connectivity index (χ2v) is 3.07. The Morgan fingerprint density at radius 1 is 1.15 bits per heavy atom. The standard InChI is InChI=1S/C11H12N2/c1-8-6-7-9-10(12-2)4-3-5-11(9)13-8/h3-7,12H,1-2H3. The van der Waals surface area contributed by atoms with E-state index in [1.807, 2.05) is 32.2 Å². The largest absolute Gasteiger partial charge is 0.388 e. The Kier molecular flexibility index (Phi) is 1.89. The summed E-state index contributed by atoms with van der Waals surface area (Å²) >= 11 is 0. The van der Waals surface area contributed by atoms with Crippen molar-refractivity contribution in [1.29, 1.82) is 0 Å². The number of anilines is 1. The zero-order valence-electron chi connectivity index (χ0n) is 7.83. The minimum absolute atomic E-state index is 1.05. The summed E-state index contributed by atoms with van der Waals surface area (Å²) in [5.41, 5.74) is 3.23. The molecule has 0 aliphatic carbocycles. The molecule has 13 heavy (non-hydrogen) atoms. The lowest BCUT2D eigenvalue weighted by Gasteiger charge is -2.04. The molecule has 66 valence electrons. The maximum absolute atomic E-state index is 4.44. The van der Waals surface area contributed by atoms with Crippen LogP contribution in [-0.2, 0) is 0 Å². The van der Waals surface area contributed by atoms with Crippen LogP contribution in [0.3, 0.4) is 0 Å². The van der Waals surface area contributed by atoms with Gasteiger partial charge in [-0.25, -0.2) is 0 Å². The zero-order valence-corrected chi connectivity index (χ0v) is 7.83. The van der Waals surface area contributed by atoms with Crippen LogP contribution >= 0.6 is 0 Å². The number of rotatable bonds is 1. The van der Waals surface area contributed by atoms with Crippen LogP contribution in [0.5, 0.6) is 0 Å². The molecule has 2 aromatic rings. The van der Waals surface area contributed by atoms with Crippen LogP contribution < -0.4 is 5.32 Å². The second kappa shape index (κ2) is 3.05. The Labute approximate surface area is 77.6 Å². The first-order valence-electron chi connectivity index (χ1n) is 4.35. The fourth-order valence-corrected chi connectivity index (χ4v) is 1.47. The van der Waals surface area contributed by atoms with Crippen LogP contribution in [0.2, 0.25) is 0 Å². The van der Waals surface area contributed by atoms with E-state index in [0.29, 0.717) is 0 Å². The molecule has 1 aromatic heterocycles. The van der Waals surface area contributed by atoms with E-state index in [0.717, 1.165) is 16.9 Å². The zero-order chi connectivity index (χ0) is 9.26. The average molecular weight is 172 g/mol. The third kappa shape index (κ3) is 1.35. The minimum Gasteiger partial charge on any atom is -0.388 e. The summed E-state index contributed by atoms with van der Waals surface area (Å²) < 4.78 is 0. The number of aromatic nitrogens is 1. The molecule has 2 heteroatoms.